The van der Waals surface area contributed by atoms with E-state index in [9.17, 15) is 9.59 Å². The number of nitrogens with one attached hydrogen (secondary N) is 2. The van der Waals surface area contributed by atoms with Crippen molar-refractivity contribution in [3.8, 4) is 0 Å². The fourth-order valence-corrected chi connectivity index (χ4v) is 0.931. The van der Waals surface area contributed by atoms with Gasteiger partial charge < -0.3 is 10.1 Å². The minimum Gasteiger partial charge on any atom is -0.450 e. The van der Waals surface area contributed by atoms with Crippen molar-refractivity contribution >= 4 is 17.8 Å². The van der Waals surface area contributed by atoms with Gasteiger partial charge in [0.25, 0.3) is 0 Å². The second kappa shape index (κ2) is 5.69. The van der Waals surface area contributed by atoms with E-state index in [1.54, 1.807) is 6.92 Å². The summed E-state index contributed by atoms with van der Waals surface area (Å²) in [5.74, 6) is 0.0370. The van der Waals surface area contributed by atoms with Gasteiger partial charge in [-0.15, -0.1) is 5.10 Å². The third kappa shape index (κ3) is 3.56. The lowest BCUT2D eigenvalue weighted by Crippen LogP contribution is -2.23. The molecule has 0 aliphatic carbocycles. The maximum atomic E-state index is 11.0. The summed E-state index contributed by atoms with van der Waals surface area (Å²) in [5, 5.41) is 12.1. The van der Waals surface area contributed by atoms with Gasteiger partial charge in [0.05, 0.1) is 12.8 Å². The molecule has 8 nitrogen and oxygen atoms in total. The smallest absolute Gasteiger partial charge is 0.412 e. The second-order valence-electron chi connectivity index (χ2n) is 2.82. The van der Waals surface area contributed by atoms with E-state index in [-0.39, 0.29) is 24.9 Å². The van der Waals surface area contributed by atoms with Crippen LogP contribution in [-0.2, 0) is 16.1 Å². The first-order valence-corrected chi connectivity index (χ1v) is 4.70. The van der Waals surface area contributed by atoms with Crippen molar-refractivity contribution in [3.63, 3.8) is 0 Å². The lowest BCUT2D eigenvalue weighted by Gasteiger charge is -2.00. The fourth-order valence-electron chi connectivity index (χ4n) is 0.931. The lowest BCUT2D eigenvalue weighted by atomic mass is 10.6. The van der Waals surface area contributed by atoms with Gasteiger partial charge in [0.2, 0.25) is 5.91 Å². The van der Waals surface area contributed by atoms with Crippen molar-refractivity contribution in [2.45, 2.75) is 13.5 Å². The molecule has 0 aliphatic heterocycles. The molecule has 0 saturated heterocycles. The van der Waals surface area contributed by atoms with Crippen molar-refractivity contribution in [1.82, 2.24) is 20.3 Å². The molecule has 0 unspecified atom stereocenters. The number of nitrogens with zero attached hydrogens (tertiary/aromatic N) is 3. The van der Waals surface area contributed by atoms with E-state index in [1.807, 2.05) is 0 Å². The summed E-state index contributed by atoms with van der Waals surface area (Å²) in [5.41, 5.74) is 0. The molecule has 1 aromatic heterocycles. The molecule has 0 atom stereocenters. The summed E-state index contributed by atoms with van der Waals surface area (Å²) in [6, 6.07) is 0. The Balaban J connectivity index is 2.51. The van der Waals surface area contributed by atoms with Crippen LogP contribution in [0, 0.1) is 0 Å². The Labute approximate surface area is 92.0 Å². The van der Waals surface area contributed by atoms with E-state index in [2.05, 4.69) is 25.7 Å². The molecule has 2 N–H and O–H groups in total. The van der Waals surface area contributed by atoms with Crippen LogP contribution in [0.4, 0.5) is 10.6 Å². The van der Waals surface area contributed by atoms with E-state index in [0.29, 0.717) is 0 Å². The number of hydrogen-bond donors (Lipinski definition) is 2. The summed E-state index contributed by atoms with van der Waals surface area (Å²) in [7, 11) is 1.52. The molecule has 0 bridgehead atoms. The minimum absolute atomic E-state index is 0.0496. The summed E-state index contributed by atoms with van der Waals surface area (Å²) in [6.07, 6.45) is 0.834. The highest BCUT2D eigenvalue weighted by Crippen LogP contribution is 2.00. The van der Waals surface area contributed by atoms with Gasteiger partial charge in [0.1, 0.15) is 6.54 Å². The first-order valence-electron chi connectivity index (χ1n) is 4.70. The van der Waals surface area contributed by atoms with Crippen molar-refractivity contribution in [2.75, 3.05) is 19.0 Å². The Morgan fingerprint density at radius 2 is 2.31 bits per heavy atom. The zero-order chi connectivity index (χ0) is 12.0. The van der Waals surface area contributed by atoms with E-state index in [1.165, 1.54) is 17.9 Å². The van der Waals surface area contributed by atoms with Crippen LogP contribution in [0.2, 0.25) is 0 Å². The molecule has 0 aromatic carbocycles. The van der Waals surface area contributed by atoms with Gasteiger partial charge >= 0.3 is 6.09 Å². The van der Waals surface area contributed by atoms with Gasteiger partial charge in [-0.05, 0) is 6.92 Å². The van der Waals surface area contributed by atoms with Gasteiger partial charge in [0, 0.05) is 7.05 Å². The van der Waals surface area contributed by atoms with Crippen LogP contribution in [0.5, 0.6) is 0 Å². The number of rotatable bonds is 4. The van der Waals surface area contributed by atoms with Crippen molar-refractivity contribution in [2.24, 2.45) is 0 Å². The maximum absolute atomic E-state index is 11.0. The average molecular weight is 227 g/mol. The molecule has 0 saturated carbocycles. The highest BCUT2D eigenvalue weighted by molar-refractivity contribution is 5.83. The number of hydrogen-bond acceptors (Lipinski definition) is 5. The molecule has 1 rings (SSSR count). The van der Waals surface area contributed by atoms with Gasteiger partial charge in [-0.1, -0.05) is 5.21 Å². The van der Waals surface area contributed by atoms with E-state index < -0.39 is 6.09 Å². The van der Waals surface area contributed by atoms with Crippen molar-refractivity contribution in [1.29, 1.82) is 0 Å². The molecule has 0 radical (unpaired) electrons. The number of aromatic nitrogens is 3. The molecule has 16 heavy (non-hydrogen) atoms. The number of anilines is 1. The summed E-state index contributed by atoms with van der Waals surface area (Å²) in [6.45, 7) is 2.02. The van der Waals surface area contributed by atoms with Crippen molar-refractivity contribution in [3.05, 3.63) is 6.20 Å². The second-order valence-corrected chi connectivity index (χ2v) is 2.82. The zero-order valence-corrected chi connectivity index (χ0v) is 9.06. The Bertz CT molecular complexity index is 376. The van der Waals surface area contributed by atoms with Crippen LogP contribution >= 0.6 is 0 Å². The SMILES string of the molecule is CCOC(=O)Nc1cn(CC(=O)NC)nn1. The van der Waals surface area contributed by atoms with Crippen LogP contribution in [0.1, 0.15) is 6.92 Å². The maximum Gasteiger partial charge on any atom is 0.412 e. The summed E-state index contributed by atoms with van der Waals surface area (Å²) < 4.78 is 5.96. The third-order valence-electron chi connectivity index (χ3n) is 1.63. The molecule has 1 heterocycles. The Kier molecular flexibility index (Phi) is 4.25. The summed E-state index contributed by atoms with van der Waals surface area (Å²) >= 11 is 0. The number of likely N-dealkylation sites (N-methyl/N-ethyl adjacent to an activating group) is 1. The molecule has 8 heteroatoms. The van der Waals surface area contributed by atoms with Crippen LogP contribution < -0.4 is 10.6 Å². The van der Waals surface area contributed by atoms with Gasteiger partial charge in [-0.25, -0.2) is 9.48 Å². The first kappa shape index (κ1) is 12.0. The number of ether oxygens (including phenoxy) is 1. The van der Waals surface area contributed by atoms with Crippen LogP contribution in [-0.4, -0.2) is 40.6 Å². The molecule has 0 aliphatic rings. The van der Waals surface area contributed by atoms with Crippen LogP contribution in [0.15, 0.2) is 6.20 Å². The zero-order valence-electron chi connectivity index (χ0n) is 9.06. The van der Waals surface area contributed by atoms with Gasteiger partial charge in [-0.3, -0.25) is 10.1 Å². The lowest BCUT2D eigenvalue weighted by molar-refractivity contribution is -0.121. The number of carbonyl (C=O) groups is 2. The molecule has 0 fully saturated rings. The molecule has 1 aromatic rings. The van der Waals surface area contributed by atoms with Gasteiger partial charge in [0.15, 0.2) is 5.82 Å². The number of amides is 2. The molecule has 88 valence electrons. The number of carbonyl (C=O) groups excluding carboxylic acids is 2. The Morgan fingerprint density at radius 3 is 2.94 bits per heavy atom. The van der Waals surface area contributed by atoms with E-state index >= 15 is 0 Å². The fraction of sp³-hybridized carbons (Fsp3) is 0.500. The molecule has 2 amide bonds. The topological polar surface area (TPSA) is 98.1 Å². The first-order chi connectivity index (χ1) is 7.65. The monoisotopic (exact) mass is 227 g/mol. The van der Waals surface area contributed by atoms with E-state index in [4.69, 9.17) is 0 Å². The van der Waals surface area contributed by atoms with Crippen LogP contribution in [0.25, 0.3) is 0 Å². The predicted molar refractivity (Wildman–Crippen MR) is 54.7 cm³/mol. The Morgan fingerprint density at radius 1 is 1.56 bits per heavy atom. The molecule has 0 spiro atoms. The highest BCUT2D eigenvalue weighted by atomic mass is 16.5. The van der Waals surface area contributed by atoms with Crippen LogP contribution in [0.3, 0.4) is 0 Å². The molecular weight excluding hydrogens is 214 g/mol. The summed E-state index contributed by atoms with van der Waals surface area (Å²) in [4.78, 5) is 22.0. The minimum atomic E-state index is -0.602. The standard InChI is InChI=1S/C8H13N5O3/c1-3-16-8(15)10-6-4-13(12-11-6)5-7(14)9-2/h4H,3,5H2,1-2H3,(H,9,14)(H,10,15). The average Bonchev–Trinajstić information content (AvgIpc) is 2.65. The Hall–Kier alpha value is -2.12. The highest BCUT2D eigenvalue weighted by Gasteiger charge is 2.07. The molecular formula is C8H13N5O3. The van der Waals surface area contributed by atoms with Gasteiger partial charge in [-0.2, -0.15) is 0 Å². The van der Waals surface area contributed by atoms with Crippen molar-refractivity contribution < 1.29 is 14.3 Å². The van der Waals surface area contributed by atoms with E-state index in [0.717, 1.165) is 0 Å². The quantitative estimate of drug-likeness (QED) is 0.728. The third-order valence-corrected chi connectivity index (χ3v) is 1.63. The largest absolute Gasteiger partial charge is 0.450 e. The normalized spacial score (nSPS) is 9.62. The predicted octanol–water partition coefficient (Wildman–Crippen LogP) is -0.408.